The first kappa shape index (κ1) is 14.1. The van der Waals surface area contributed by atoms with Gasteiger partial charge in [0.25, 0.3) is 0 Å². The Balaban J connectivity index is 2.48. The number of hydrogen-bond acceptors (Lipinski definition) is 2. The number of halogens is 1. The van der Waals surface area contributed by atoms with E-state index >= 15 is 0 Å². The van der Waals surface area contributed by atoms with E-state index in [4.69, 9.17) is 5.11 Å². The molecule has 3 heteroatoms. The molecule has 2 nitrogen and oxygen atoms in total. The van der Waals surface area contributed by atoms with E-state index in [-0.39, 0.29) is 17.8 Å². The summed E-state index contributed by atoms with van der Waals surface area (Å²) in [6.07, 6.45) is 0.746. The van der Waals surface area contributed by atoms with Crippen molar-refractivity contribution in [2.24, 2.45) is 5.41 Å². The number of rotatable bonds is 6. The molecule has 0 aliphatic carbocycles. The van der Waals surface area contributed by atoms with E-state index < -0.39 is 0 Å². The fourth-order valence-electron chi connectivity index (χ4n) is 1.77. The quantitative estimate of drug-likeness (QED) is 0.800. The summed E-state index contributed by atoms with van der Waals surface area (Å²) in [5.74, 6) is -0.164. The number of aliphatic hydroxyl groups excluding tert-OH is 1. The Morgan fingerprint density at radius 1 is 1.35 bits per heavy atom. The largest absolute Gasteiger partial charge is 0.396 e. The highest BCUT2D eigenvalue weighted by Gasteiger charge is 2.16. The maximum atomic E-state index is 13.5. The third kappa shape index (κ3) is 4.84. The van der Waals surface area contributed by atoms with E-state index in [2.05, 4.69) is 19.2 Å². The number of nitrogens with one attached hydrogen (secondary N) is 1. The van der Waals surface area contributed by atoms with E-state index in [0.717, 1.165) is 18.5 Å². The molecular formula is C14H22FNO. The molecule has 1 rings (SSSR count). The zero-order chi connectivity index (χ0) is 12.9. The van der Waals surface area contributed by atoms with Crippen LogP contribution in [-0.2, 0) is 6.54 Å². The normalized spacial score (nSPS) is 11.8. The molecule has 1 aromatic carbocycles. The molecule has 1 aromatic rings. The second-order valence-electron chi connectivity index (χ2n) is 5.34. The van der Waals surface area contributed by atoms with Crippen molar-refractivity contribution >= 4 is 0 Å². The standard InChI is InChI=1S/C14H22FNO/c1-11-4-5-13(15)12(8-11)9-16-10-14(2,3)6-7-17/h4-5,8,16-17H,6-7,9-10H2,1-3H3. The summed E-state index contributed by atoms with van der Waals surface area (Å²) in [6, 6.07) is 5.14. The average Bonchev–Trinajstić information content (AvgIpc) is 2.23. The van der Waals surface area contributed by atoms with Gasteiger partial charge in [0.1, 0.15) is 5.82 Å². The van der Waals surface area contributed by atoms with Crippen molar-refractivity contribution in [2.75, 3.05) is 13.2 Å². The molecule has 0 aromatic heterocycles. The summed E-state index contributed by atoms with van der Waals surface area (Å²) in [4.78, 5) is 0. The van der Waals surface area contributed by atoms with Crippen LogP contribution in [0.15, 0.2) is 18.2 Å². The van der Waals surface area contributed by atoms with Gasteiger partial charge in [-0.05, 0) is 24.8 Å². The second kappa shape index (κ2) is 6.12. The summed E-state index contributed by atoms with van der Waals surface area (Å²) >= 11 is 0. The van der Waals surface area contributed by atoms with Gasteiger partial charge in [0.05, 0.1) is 0 Å². The van der Waals surface area contributed by atoms with Gasteiger partial charge >= 0.3 is 0 Å². The molecule has 0 spiro atoms. The first-order valence-electron chi connectivity index (χ1n) is 6.01. The van der Waals surface area contributed by atoms with Crippen LogP contribution in [0.3, 0.4) is 0 Å². The van der Waals surface area contributed by atoms with Gasteiger partial charge in [-0.25, -0.2) is 4.39 Å². The van der Waals surface area contributed by atoms with Gasteiger partial charge in [-0.3, -0.25) is 0 Å². The Labute approximate surface area is 103 Å². The third-order valence-electron chi connectivity index (χ3n) is 2.91. The van der Waals surface area contributed by atoms with Gasteiger partial charge in [-0.15, -0.1) is 0 Å². The third-order valence-corrected chi connectivity index (χ3v) is 2.91. The molecule has 0 heterocycles. The lowest BCUT2D eigenvalue weighted by Crippen LogP contribution is -2.30. The van der Waals surface area contributed by atoms with Crippen molar-refractivity contribution in [1.29, 1.82) is 0 Å². The van der Waals surface area contributed by atoms with Crippen LogP contribution in [0.2, 0.25) is 0 Å². The molecule has 0 saturated carbocycles. The zero-order valence-corrected chi connectivity index (χ0v) is 10.9. The topological polar surface area (TPSA) is 32.3 Å². The SMILES string of the molecule is Cc1ccc(F)c(CNCC(C)(C)CCO)c1. The van der Waals surface area contributed by atoms with Gasteiger partial charge in [-0.1, -0.05) is 31.5 Å². The molecule has 96 valence electrons. The highest BCUT2D eigenvalue weighted by Crippen LogP contribution is 2.18. The van der Waals surface area contributed by atoms with Crippen LogP contribution in [0.4, 0.5) is 4.39 Å². The first-order chi connectivity index (χ1) is 7.94. The lowest BCUT2D eigenvalue weighted by Gasteiger charge is -2.24. The van der Waals surface area contributed by atoms with Crippen LogP contribution in [0, 0.1) is 18.2 Å². The Morgan fingerprint density at radius 3 is 2.71 bits per heavy atom. The fourth-order valence-corrected chi connectivity index (χ4v) is 1.77. The van der Waals surface area contributed by atoms with E-state index in [1.54, 1.807) is 6.07 Å². The molecule has 0 aliphatic heterocycles. The van der Waals surface area contributed by atoms with Gasteiger partial charge in [-0.2, -0.15) is 0 Å². The van der Waals surface area contributed by atoms with Crippen LogP contribution in [-0.4, -0.2) is 18.3 Å². The Hall–Kier alpha value is -0.930. The van der Waals surface area contributed by atoms with Crippen LogP contribution in [0.25, 0.3) is 0 Å². The van der Waals surface area contributed by atoms with Crippen LogP contribution >= 0.6 is 0 Å². The Kier molecular flexibility index (Phi) is 5.09. The van der Waals surface area contributed by atoms with Crippen molar-refractivity contribution in [1.82, 2.24) is 5.32 Å². The summed E-state index contributed by atoms with van der Waals surface area (Å²) in [7, 11) is 0. The van der Waals surface area contributed by atoms with Gasteiger partial charge in [0.2, 0.25) is 0 Å². The molecule has 0 unspecified atom stereocenters. The van der Waals surface area contributed by atoms with E-state index in [0.29, 0.717) is 12.1 Å². The summed E-state index contributed by atoms with van der Waals surface area (Å²) in [5.41, 5.74) is 1.80. The number of hydrogen-bond donors (Lipinski definition) is 2. The van der Waals surface area contributed by atoms with Crippen molar-refractivity contribution in [2.45, 2.75) is 33.7 Å². The molecule has 0 aliphatic rings. The monoisotopic (exact) mass is 239 g/mol. The van der Waals surface area contributed by atoms with Crippen LogP contribution < -0.4 is 5.32 Å². The Morgan fingerprint density at radius 2 is 2.06 bits per heavy atom. The van der Waals surface area contributed by atoms with Crippen molar-refractivity contribution < 1.29 is 9.50 Å². The second-order valence-corrected chi connectivity index (χ2v) is 5.34. The lowest BCUT2D eigenvalue weighted by molar-refractivity contribution is 0.207. The molecule has 0 fully saturated rings. The number of benzene rings is 1. The zero-order valence-electron chi connectivity index (χ0n) is 10.9. The smallest absolute Gasteiger partial charge is 0.127 e. The maximum absolute atomic E-state index is 13.5. The summed E-state index contributed by atoms with van der Waals surface area (Å²) in [5, 5.41) is 12.2. The van der Waals surface area contributed by atoms with Crippen molar-refractivity contribution in [3.05, 3.63) is 35.1 Å². The Bertz CT molecular complexity index is 363. The molecule has 0 radical (unpaired) electrons. The molecule has 0 saturated heterocycles. The van der Waals surface area contributed by atoms with E-state index in [1.165, 1.54) is 6.07 Å². The lowest BCUT2D eigenvalue weighted by atomic mass is 9.90. The molecule has 0 amide bonds. The highest BCUT2D eigenvalue weighted by molar-refractivity contribution is 5.23. The number of aryl methyl sites for hydroxylation is 1. The van der Waals surface area contributed by atoms with Gasteiger partial charge < -0.3 is 10.4 Å². The fraction of sp³-hybridized carbons (Fsp3) is 0.571. The maximum Gasteiger partial charge on any atom is 0.127 e. The van der Waals surface area contributed by atoms with Gasteiger partial charge in [0, 0.05) is 25.3 Å². The molecule has 0 bridgehead atoms. The van der Waals surface area contributed by atoms with Crippen molar-refractivity contribution in [3.63, 3.8) is 0 Å². The predicted molar refractivity (Wildman–Crippen MR) is 68.3 cm³/mol. The minimum atomic E-state index is -0.164. The first-order valence-corrected chi connectivity index (χ1v) is 6.01. The predicted octanol–water partition coefficient (Wildman–Crippen LogP) is 2.63. The van der Waals surface area contributed by atoms with Gasteiger partial charge in [0.15, 0.2) is 0 Å². The molecular weight excluding hydrogens is 217 g/mol. The average molecular weight is 239 g/mol. The van der Waals surface area contributed by atoms with E-state index in [9.17, 15) is 4.39 Å². The van der Waals surface area contributed by atoms with Crippen LogP contribution in [0.1, 0.15) is 31.4 Å². The van der Waals surface area contributed by atoms with E-state index in [1.807, 2.05) is 13.0 Å². The molecule has 0 atom stereocenters. The van der Waals surface area contributed by atoms with Crippen LogP contribution in [0.5, 0.6) is 0 Å². The van der Waals surface area contributed by atoms with Crippen molar-refractivity contribution in [3.8, 4) is 0 Å². The molecule has 2 N–H and O–H groups in total. The minimum absolute atomic E-state index is 0.0368. The highest BCUT2D eigenvalue weighted by atomic mass is 19.1. The summed E-state index contributed by atoms with van der Waals surface area (Å²) < 4.78 is 13.5. The summed E-state index contributed by atoms with van der Waals surface area (Å²) in [6.45, 7) is 7.61. The molecule has 17 heavy (non-hydrogen) atoms. The minimum Gasteiger partial charge on any atom is -0.396 e. The number of aliphatic hydroxyl groups is 1.